The molecule has 0 saturated carbocycles. The van der Waals surface area contributed by atoms with E-state index in [2.05, 4.69) is 137 Å². The van der Waals surface area contributed by atoms with E-state index >= 15 is 0 Å². The highest BCUT2D eigenvalue weighted by Crippen LogP contribution is 2.44. The summed E-state index contributed by atoms with van der Waals surface area (Å²) >= 11 is 10.9. The average molecular weight is 628 g/mol. The zero-order chi connectivity index (χ0) is 24.0. The van der Waals surface area contributed by atoms with E-state index in [9.17, 15) is 0 Å². The molecule has 0 aliphatic heterocycles. The molecule has 0 aliphatic carbocycles. The molecule has 0 bridgehead atoms. The van der Waals surface area contributed by atoms with E-state index in [1.807, 2.05) is 0 Å². The molecule has 0 atom stereocenters. The average Bonchev–Trinajstić information content (AvgIpc) is 3.65. The summed E-state index contributed by atoms with van der Waals surface area (Å²) in [6.07, 6.45) is 0. The molecule has 8 rings (SSSR count). The van der Waals surface area contributed by atoms with Gasteiger partial charge in [0.1, 0.15) is 0 Å². The minimum Gasteiger partial charge on any atom is -0.307 e. The summed E-state index contributed by atoms with van der Waals surface area (Å²) in [6.45, 7) is 0. The fraction of sp³-hybridized carbons (Fsp3) is 0. The largest absolute Gasteiger partial charge is 0.307 e. The van der Waals surface area contributed by atoms with Crippen LogP contribution in [0.5, 0.6) is 0 Å². The molecule has 0 aliphatic rings. The normalized spacial score (nSPS) is 12.2. The molecule has 0 fully saturated rings. The summed E-state index contributed by atoms with van der Waals surface area (Å²) in [7, 11) is 0. The van der Waals surface area contributed by atoms with Crippen molar-refractivity contribution in [3.8, 4) is 11.4 Å². The number of hydrogen-bond acceptors (Lipinski definition) is 2. The van der Waals surface area contributed by atoms with Crippen LogP contribution in [0.4, 0.5) is 0 Å². The van der Waals surface area contributed by atoms with E-state index in [1.54, 1.807) is 22.7 Å². The second kappa shape index (κ2) is 7.80. The monoisotopic (exact) mass is 626 g/mol. The molecule has 0 spiro atoms. The van der Waals surface area contributed by atoms with E-state index in [0.717, 1.165) is 20.3 Å². The molecule has 6 heteroatoms. The number of fused-ring (bicyclic) bond motifs is 7. The SMILES string of the molecule is Brc1ccc(-n2c3cc4ccsc4cc3c3c2c2cc4sccc4cc2n3-c2ccc(Br)cc2)cc1. The first-order chi connectivity index (χ1) is 17.7. The van der Waals surface area contributed by atoms with Crippen LogP contribution in [0.2, 0.25) is 0 Å². The number of thiophene rings is 2. The van der Waals surface area contributed by atoms with Crippen molar-refractivity contribution in [3.05, 3.63) is 105 Å². The van der Waals surface area contributed by atoms with Gasteiger partial charge in [-0.3, -0.25) is 0 Å². The fourth-order valence-electron chi connectivity index (χ4n) is 5.41. The molecule has 36 heavy (non-hydrogen) atoms. The summed E-state index contributed by atoms with van der Waals surface area (Å²) in [5.74, 6) is 0. The van der Waals surface area contributed by atoms with Gasteiger partial charge in [0.05, 0.1) is 22.1 Å². The molecule has 2 nitrogen and oxygen atoms in total. The lowest BCUT2D eigenvalue weighted by Crippen LogP contribution is -1.93. The van der Waals surface area contributed by atoms with Crippen LogP contribution in [0.25, 0.3) is 64.4 Å². The van der Waals surface area contributed by atoms with Gasteiger partial charge in [-0.1, -0.05) is 31.9 Å². The van der Waals surface area contributed by atoms with Crippen LogP contribution >= 0.6 is 54.5 Å². The number of halogens is 2. The van der Waals surface area contributed by atoms with E-state index in [0.29, 0.717) is 0 Å². The Morgan fingerprint density at radius 3 is 1.33 bits per heavy atom. The number of nitrogens with zero attached hydrogens (tertiary/aromatic N) is 2. The van der Waals surface area contributed by atoms with Crippen LogP contribution in [0, 0.1) is 0 Å². The second-order valence-corrected chi connectivity index (χ2v) is 12.7. The Labute approximate surface area is 231 Å². The van der Waals surface area contributed by atoms with Crippen molar-refractivity contribution in [2.75, 3.05) is 0 Å². The maximum atomic E-state index is 3.62. The van der Waals surface area contributed by atoms with E-state index in [4.69, 9.17) is 0 Å². The zero-order valence-corrected chi connectivity index (χ0v) is 23.5. The number of rotatable bonds is 2. The predicted molar refractivity (Wildman–Crippen MR) is 164 cm³/mol. The molecule has 0 saturated heterocycles. The first-order valence-corrected chi connectivity index (χ1v) is 14.9. The third-order valence-electron chi connectivity index (χ3n) is 6.97. The van der Waals surface area contributed by atoms with Gasteiger partial charge in [0, 0.05) is 40.5 Å². The molecule has 0 radical (unpaired) electrons. The predicted octanol–water partition coefficient (Wildman–Crippen LogP) is 10.7. The van der Waals surface area contributed by atoms with E-state index in [-0.39, 0.29) is 0 Å². The van der Waals surface area contributed by atoms with Crippen molar-refractivity contribution in [3.63, 3.8) is 0 Å². The molecule has 172 valence electrons. The lowest BCUT2D eigenvalue weighted by Gasteiger charge is -2.10. The Hall–Kier alpha value is -2.90. The molecule has 0 unspecified atom stereocenters. The Balaban J connectivity index is 1.66. The Bertz CT molecular complexity index is 1950. The lowest BCUT2D eigenvalue weighted by molar-refractivity contribution is 1.17. The summed E-state index contributed by atoms with van der Waals surface area (Å²) in [5, 5.41) is 9.47. The molecule has 4 aromatic heterocycles. The molecule has 4 heterocycles. The fourth-order valence-corrected chi connectivity index (χ4v) is 7.56. The van der Waals surface area contributed by atoms with Gasteiger partial charge >= 0.3 is 0 Å². The highest BCUT2D eigenvalue weighted by atomic mass is 79.9. The van der Waals surface area contributed by atoms with Gasteiger partial charge in [-0.05, 0) is 106 Å². The van der Waals surface area contributed by atoms with Gasteiger partial charge in [-0.25, -0.2) is 0 Å². The number of benzene rings is 4. The molecule has 4 aromatic carbocycles. The third kappa shape index (κ3) is 2.99. The summed E-state index contributed by atoms with van der Waals surface area (Å²) in [4.78, 5) is 0. The Morgan fingerprint density at radius 1 is 0.500 bits per heavy atom. The minimum absolute atomic E-state index is 1.08. The maximum absolute atomic E-state index is 3.62. The van der Waals surface area contributed by atoms with Crippen LogP contribution in [0.3, 0.4) is 0 Å². The van der Waals surface area contributed by atoms with E-state index < -0.39 is 0 Å². The first kappa shape index (κ1) is 21.2. The first-order valence-electron chi connectivity index (χ1n) is 11.5. The van der Waals surface area contributed by atoms with Gasteiger partial charge in [0.25, 0.3) is 0 Å². The third-order valence-corrected chi connectivity index (χ3v) is 9.79. The van der Waals surface area contributed by atoms with Crippen molar-refractivity contribution in [1.29, 1.82) is 0 Å². The van der Waals surface area contributed by atoms with Crippen molar-refractivity contribution in [1.82, 2.24) is 9.13 Å². The highest BCUT2D eigenvalue weighted by molar-refractivity contribution is 9.10. The Kier molecular flexibility index (Phi) is 4.59. The van der Waals surface area contributed by atoms with Gasteiger partial charge < -0.3 is 9.13 Å². The number of aromatic nitrogens is 2. The van der Waals surface area contributed by atoms with Crippen LogP contribution in [0.15, 0.2) is 105 Å². The van der Waals surface area contributed by atoms with Gasteiger partial charge in [-0.15, -0.1) is 22.7 Å². The smallest absolute Gasteiger partial charge is 0.0804 e. The lowest BCUT2D eigenvalue weighted by atomic mass is 10.2. The van der Waals surface area contributed by atoms with Crippen molar-refractivity contribution < 1.29 is 0 Å². The molecule has 0 amide bonds. The summed E-state index contributed by atoms with van der Waals surface area (Å²) in [6, 6.07) is 31.2. The molecule has 8 aromatic rings. The molecular formula is C30H16Br2N2S2. The standard InChI is InChI=1S/C30H16Br2N2S2/c31-19-1-5-21(6-2-19)33-25-13-17-9-11-35-27(17)15-23(25)30-29(33)24-16-28-18(10-12-36-28)14-26(24)34(30)22-7-3-20(32)4-8-22/h1-16H. The molecule has 0 N–H and O–H groups in total. The summed E-state index contributed by atoms with van der Waals surface area (Å²) < 4.78 is 9.68. The minimum atomic E-state index is 1.08. The maximum Gasteiger partial charge on any atom is 0.0804 e. The van der Waals surface area contributed by atoms with Crippen LogP contribution in [-0.4, -0.2) is 9.13 Å². The van der Waals surface area contributed by atoms with Gasteiger partial charge in [0.2, 0.25) is 0 Å². The second-order valence-electron chi connectivity index (χ2n) is 8.98. The quantitative estimate of drug-likeness (QED) is 0.180. The number of hydrogen-bond donors (Lipinski definition) is 0. The zero-order valence-electron chi connectivity index (χ0n) is 18.7. The van der Waals surface area contributed by atoms with Crippen molar-refractivity contribution in [2.45, 2.75) is 0 Å². The topological polar surface area (TPSA) is 9.86 Å². The van der Waals surface area contributed by atoms with Crippen LogP contribution in [-0.2, 0) is 0 Å². The van der Waals surface area contributed by atoms with Crippen LogP contribution < -0.4 is 0 Å². The van der Waals surface area contributed by atoms with Crippen molar-refractivity contribution >= 4 is 108 Å². The summed E-state index contributed by atoms with van der Waals surface area (Å²) in [5.41, 5.74) is 7.28. The molecular weight excluding hydrogens is 612 g/mol. The van der Waals surface area contributed by atoms with E-state index in [1.165, 1.54) is 53.0 Å². The van der Waals surface area contributed by atoms with Gasteiger partial charge in [-0.2, -0.15) is 0 Å². The van der Waals surface area contributed by atoms with Crippen molar-refractivity contribution in [2.24, 2.45) is 0 Å². The Morgan fingerprint density at radius 2 is 0.917 bits per heavy atom. The van der Waals surface area contributed by atoms with Gasteiger partial charge in [0.15, 0.2) is 0 Å². The van der Waals surface area contributed by atoms with Crippen LogP contribution in [0.1, 0.15) is 0 Å². The highest BCUT2D eigenvalue weighted by Gasteiger charge is 2.23.